The van der Waals surface area contributed by atoms with Crippen LogP contribution in [0.1, 0.15) is 36.1 Å². The van der Waals surface area contributed by atoms with E-state index in [0.717, 1.165) is 62.1 Å². The number of guanidine groups is 1. The standard InChI is InChI=1S/C24H31N5O/c1-4-25-24(26-13-11-21-17-28-14-5-6-18(2)23(28)27-21)29-15-12-20(16-29)19-7-9-22(30-3)10-8-19/h5-10,14,17,20H,4,11-13,15-16H2,1-3H3,(H,25,26). The molecule has 6 heteroatoms. The first kappa shape index (κ1) is 20.3. The number of hydrogen-bond acceptors (Lipinski definition) is 3. The van der Waals surface area contributed by atoms with Gasteiger partial charge in [-0.05, 0) is 49.6 Å². The highest BCUT2D eigenvalue weighted by molar-refractivity contribution is 5.80. The molecule has 3 aromatic rings. The van der Waals surface area contributed by atoms with Crippen LogP contribution in [0, 0.1) is 6.92 Å². The van der Waals surface area contributed by atoms with E-state index in [9.17, 15) is 0 Å². The quantitative estimate of drug-likeness (QED) is 0.502. The van der Waals surface area contributed by atoms with Crippen LogP contribution in [0.2, 0.25) is 0 Å². The highest BCUT2D eigenvalue weighted by Gasteiger charge is 2.26. The molecule has 6 nitrogen and oxygen atoms in total. The van der Waals surface area contributed by atoms with Crippen molar-refractivity contribution in [2.45, 2.75) is 32.6 Å². The molecular weight excluding hydrogens is 374 g/mol. The molecule has 0 aliphatic carbocycles. The average Bonchev–Trinajstić information content (AvgIpc) is 3.41. The summed E-state index contributed by atoms with van der Waals surface area (Å²) in [5, 5.41) is 3.47. The highest BCUT2D eigenvalue weighted by atomic mass is 16.5. The summed E-state index contributed by atoms with van der Waals surface area (Å²) in [6.45, 7) is 7.84. The Bertz CT molecular complexity index is 1010. The van der Waals surface area contributed by atoms with Gasteiger partial charge in [0.2, 0.25) is 0 Å². The first-order chi connectivity index (χ1) is 14.7. The van der Waals surface area contributed by atoms with Crippen molar-refractivity contribution in [2.75, 3.05) is 33.3 Å². The molecule has 0 bridgehead atoms. The first-order valence-corrected chi connectivity index (χ1v) is 10.8. The molecular formula is C24H31N5O. The number of rotatable bonds is 6. The molecule has 1 aromatic carbocycles. The molecule has 1 aliphatic rings. The molecule has 1 unspecified atom stereocenters. The van der Waals surface area contributed by atoms with Gasteiger partial charge in [-0.25, -0.2) is 4.98 Å². The normalized spacial score (nSPS) is 17.0. The minimum atomic E-state index is 0.529. The predicted molar refractivity (Wildman–Crippen MR) is 122 cm³/mol. The van der Waals surface area contributed by atoms with Crippen molar-refractivity contribution >= 4 is 11.6 Å². The van der Waals surface area contributed by atoms with Crippen molar-refractivity contribution in [3.63, 3.8) is 0 Å². The molecule has 1 fully saturated rings. The van der Waals surface area contributed by atoms with Gasteiger partial charge in [-0.2, -0.15) is 0 Å². The van der Waals surface area contributed by atoms with Gasteiger partial charge in [-0.1, -0.05) is 18.2 Å². The third kappa shape index (κ3) is 4.42. The zero-order chi connectivity index (χ0) is 20.9. The van der Waals surface area contributed by atoms with Gasteiger partial charge in [0.15, 0.2) is 5.96 Å². The van der Waals surface area contributed by atoms with Gasteiger partial charge in [-0.3, -0.25) is 4.99 Å². The number of nitrogens with zero attached hydrogens (tertiary/aromatic N) is 4. The number of ether oxygens (including phenoxy) is 1. The number of benzene rings is 1. The van der Waals surface area contributed by atoms with E-state index in [1.54, 1.807) is 7.11 Å². The Morgan fingerprint density at radius 3 is 2.83 bits per heavy atom. The van der Waals surface area contributed by atoms with Gasteiger partial charge in [-0.15, -0.1) is 0 Å². The van der Waals surface area contributed by atoms with Gasteiger partial charge in [0, 0.05) is 50.9 Å². The second-order valence-electron chi connectivity index (χ2n) is 7.84. The molecule has 30 heavy (non-hydrogen) atoms. The lowest BCUT2D eigenvalue weighted by molar-refractivity contribution is 0.414. The van der Waals surface area contributed by atoms with E-state index in [2.05, 4.69) is 65.1 Å². The Morgan fingerprint density at radius 1 is 1.27 bits per heavy atom. The van der Waals surface area contributed by atoms with Crippen LogP contribution in [0.25, 0.3) is 5.65 Å². The predicted octanol–water partition coefficient (Wildman–Crippen LogP) is 3.65. The topological polar surface area (TPSA) is 54.2 Å². The lowest BCUT2D eigenvalue weighted by Gasteiger charge is -2.21. The van der Waals surface area contributed by atoms with Crippen LogP contribution in [0.5, 0.6) is 5.75 Å². The molecule has 0 radical (unpaired) electrons. The van der Waals surface area contributed by atoms with Crippen molar-refractivity contribution in [1.82, 2.24) is 19.6 Å². The van der Waals surface area contributed by atoms with Crippen LogP contribution in [0.3, 0.4) is 0 Å². The second-order valence-corrected chi connectivity index (χ2v) is 7.84. The van der Waals surface area contributed by atoms with E-state index in [-0.39, 0.29) is 0 Å². The van der Waals surface area contributed by atoms with Crippen LogP contribution in [-0.4, -0.2) is 53.5 Å². The van der Waals surface area contributed by atoms with Crippen molar-refractivity contribution in [2.24, 2.45) is 4.99 Å². The van der Waals surface area contributed by atoms with Gasteiger partial charge in [0.25, 0.3) is 0 Å². The lowest BCUT2D eigenvalue weighted by atomic mass is 9.98. The maximum atomic E-state index is 5.28. The third-order valence-corrected chi connectivity index (χ3v) is 5.77. The number of fused-ring (bicyclic) bond motifs is 1. The molecule has 1 N–H and O–H groups in total. The molecule has 0 saturated carbocycles. The van der Waals surface area contributed by atoms with Crippen molar-refractivity contribution < 1.29 is 4.74 Å². The Morgan fingerprint density at radius 2 is 2.10 bits per heavy atom. The minimum Gasteiger partial charge on any atom is -0.497 e. The molecule has 4 rings (SSSR count). The molecule has 158 valence electrons. The number of imidazole rings is 1. The van der Waals surface area contributed by atoms with E-state index in [1.807, 2.05) is 12.1 Å². The van der Waals surface area contributed by atoms with E-state index >= 15 is 0 Å². The van der Waals surface area contributed by atoms with E-state index in [4.69, 9.17) is 14.7 Å². The van der Waals surface area contributed by atoms with Crippen LogP contribution in [0.15, 0.2) is 53.8 Å². The number of aromatic nitrogens is 2. The SMILES string of the molecule is CCNC(=NCCc1cn2cccc(C)c2n1)N1CCC(c2ccc(OC)cc2)C1. The molecule has 1 aliphatic heterocycles. The van der Waals surface area contributed by atoms with Crippen molar-refractivity contribution in [3.05, 3.63) is 65.6 Å². The first-order valence-electron chi connectivity index (χ1n) is 10.8. The third-order valence-electron chi connectivity index (χ3n) is 5.77. The maximum absolute atomic E-state index is 5.28. The number of likely N-dealkylation sites (tertiary alicyclic amines) is 1. The Balaban J connectivity index is 1.40. The number of aliphatic imine (C=N–C) groups is 1. The summed E-state index contributed by atoms with van der Waals surface area (Å²) in [4.78, 5) is 12.1. The average molecular weight is 406 g/mol. The molecule has 2 aromatic heterocycles. The largest absolute Gasteiger partial charge is 0.497 e. The fraction of sp³-hybridized carbons (Fsp3) is 0.417. The molecule has 3 heterocycles. The zero-order valence-electron chi connectivity index (χ0n) is 18.1. The summed E-state index contributed by atoms with van der Waals surface area (Å²) in [5.41, 5.74) is 4.68. The summed E-state index contributed by atoms with van der Waals surface area (Å²) in [7, 11) is 1.71. The molecule has 0 amide bonds. The Kier molecular flexibility index (Phi) is 6.21. The fourth-order valence-electron chi connectivity index (χ4n) is 4.13. The van der Waals surface area contributed by atoms with Gasteiger partial charge in [0.05, 0.1) is 12.8 Å². The van der Waals surface area contributed by atoms with Gasteiger partial charge >= 0.3 is 0 Å². The van der Waals surface area contributed by atoms with Gasteiger partial charge in [0.1, 0.15) is 11.4 Å². The smallest absolute Gasteiger partial charge is 0.193 e. The Hall–Kier alpha value is -3.02. The number of nitrogens with one attached hydrogen (secondary N) is 1. The summed E-state index contributed by atoms with van der Waals surface area (Å²) in [6.07, 6.45) is 6.14. The van der Waals surface area contributed by atoms with E-state index < -0.39 is 0 Å². The van der Waals surface area contributed by atoms with Crippen molar-refractivity contribution in [1.29, 1.82) is 0 Å². The maximum Gasteiger partial charge on any atom is 0.193 e. The van der Waals surface area contributed by atoms with Crippen LogP contribution in [-0.2, 0) is 6.42 Å². The van der Waals surface area contributed by atoms with E-state index in [1.165, 1.54) is 11.1 Å². The minimum absolute atomic E-state index is 0.529. The summed E-state index contributed by atoms with van der Waals surface area (Å²) >= 11 is 0. The lowest BCUT2D eigenvalue weighted by Crippen LogP contribution is -2.40. The summed E-state index contributed by atoms with van der Waals surface area (Å²) in [6, 6.07) is 12.6. The monoisotopic (exact) mass is 405 g/mol. The van der Waals surface area contributed by atoms with Crippen LogP contribution in [0.4, 0.5) is 0 Å². The van der Waals surface area contributed by atoms with Crippen LogP contribution < -0.4 is 10.1 Å². The summed E-state index contributed by atoms with van der Waals surface area (Å²) < 4.78 is 7.38. The number of pyridine rings is 1. The molecule has 1 saturated heterocycles. The number of methoxy groups -OCH3 is 1. The second kappa shape index (κ2) is 9.20. The van der Waals surface area contributed by atoms with Crippen molar-refractivity contribution in [3.8, 4) is 5.75 Å². The van der Waals surface area contributed by atoms with Crippen LogP contribution >= 0.6 is 0 Å². The zero-order valence-corrected chi connectivity index (χ0v) is 18.1. The van der Waals surface area contributed by atoms with Gasteiger partial charge < -0.3 is 19.4 Å². The molecule has 0 spiro atoms. The van der Waals surface area contributed by atoms with E-state index in [0.29, 0.717) is 5.92 Å². The highest BCUT2D eigenvalue weighted by Crippen LogP contribution is 2.28. The number of hydrogen-bond donors (Lipinski definition) is 1. The fourth-order valence-corrected chi connectivity index (χ4v) is 4.13. The molecule has 1 atom stereocenters. The number of aryl methyl sites for hydroxylation is 1. The summed E-state index contributed by atoms with van der Waals surface area (Å²) in [5.74, 6) is 2.44. The Labute approximate surface area is 178 Å².